The maximum absolute atomic E-state index is 12.3. The van der Waals surface area contributed by atoms with Crippen LogP contribution in [-0.4, -0.2) is 50.9 Å². The van der Waals surface area contributed by atoms with E-state index in [-0.39, 0.29) is 23.4 Å². The quantitative estimate of drug-likeness (QED) is 0.314. The number of nitrogens with zero attached hydrogens (tertiary/aromatic N) is 2. The molecule has 0 bridgehead atoms. The third kappa shape index (κ3) is 5.44. The van der Waals surface area contributed by atoms with E-state index < -0.39 is 15.5 Å². The summed E-state index contributed by atoms with van der Waals surface area (Å²) in [6.45, 7) is 3.06. The molecular formula is C9H21N4O6P2+. The molecule has 0 fully saturated rings. The van der Waals surface area contributed by atoms with Crippen LogP contribution in [0.4, 0.5) is 0 Å². The topological polar surface area (TPSA) is 151 Å². The van der Waals surface area contributed by atoms with Gasteiger partial charge in [-0.25, -0.2) is 9.98 Å². The Labute approximate surface area is 123 Å². The van der Waals surface area contributed by atoms with Crippen molar-refractivity contribution in [3.8, 4) is 0 Å². The van der Waals surface area contributed by atoms with Gasteiger partial charge in [0.25, 0.3) is 0 Å². The van der Waals surface area contributed by atoms with Crippen molar-refractivity contribution in [1.82, 2.24) is 0 Å². The first-order chi connectivity index (χ1) is 9.69. The standard InChI is InChI=1S/C9H21N4O6P2/c1-7(10)13-8(20(14,16-2)17-3)6-12-9(11)21(15,18-4)19-5/h15H,1,6,10H2,2-5H3,(H2,11,12)/q+1. The van der Waals surface area contributed by atoms with Gasteiger partial charge in [0, 0.05) is 14.2 Å². The highest BCUT2D eigenvalue weighted by Crippen LogP contribution is 2.55. The van der Waals surface area contributed by atoms with Gasteiger partial charge < -0.3 is 20.5 Å². The van der Waals surface area contributed by atoms with E-state index in [0.29, 0.717) is 0 Å². The van der Waals surface area contributed by atoms with E-state index in [2.05, 4.69) is 16.6 Å². The van der Waals surface area contributed by atoms with E-state index in [1.165, 1.54) is 28.4 Å². The molecule has 12 heteroatoms. The highest BCUT2D eigenvalue weighted by Gasteiger charge is 2.45. The summed E-state index contributed by atoms with van der Waals surface area (Å²) in [7, 11) is -2.32. The molecule has 0 aliphatic carbocycles. The number of amidine groups is 1. The molecule has 10 nitrogen and oxygen atoms in total. The summed E-state index contributed by atoms with van der Waals surface area (Å²) in [5.74, 6) is -0.114. The average molecular weight is 343 g/mol. The van der Waals surface area contributed by atoms with Crippen molar-refractivity contribution in [2.24, 2.45) is 21.5 Å². The zero-order chi connectivity index (χ0) is 16.7. The van der Waals surface area contributed by atoms with E-state index in [9.17, 15) is 9.46 Å². The highest BCUT2D eigenvalue weighted by molar-refractivity contribution is 7.78. The minimum atomic E-state index is -3.67. The van der Waals surface area contributed by atoms with Crippen LogP contribution < -0.4 is 11.5 Å². The second kappa shape index (κ2) is 8.55. The van der Waals surface area contributed by atoms with Gasteiger partial charge in [-0.05, 0) is 0 Å². The molecule has 0 aromatic heterocycles. The summed E-state index contributed by atoms with van der Waals surface area (Å²) in [5.41, 5.74) is 10.5. The minimum Gasteiger partial charge on any atom is -0.384 e. The predicted molar refractivity (Wildman–Crippen MR) is 82.0 cm³/mol. The summed E-state index contributed by atoms with van der Waals surface area (Å²) in [6, 6.07) is 0. The summed E-state index contributed by atoms with van der Waals surface area (Å²) in [6.07, 6.45) is 0. The van der Waals surface area contributed by atoms with Gasteiger partial charge in [0.2, 0.25) is 0 Å². The van der Waals surface area contributed by atoms with Crippen molar-refractivity contribution < 1.29 is 27.6 Å². The maximum Gasteiger partial charge on any atom is 0.483 e. The lowest BCUT2D eigenvalue weighted by molar-refractivity contribution is 0.256. The van der Waals surface area contributed by atoms with E-state index in [1.807, 2.05) is 0 Å². The minimum absolute atomic E-state index is 0.114. The Hall–Kier alpha value is -0.860. The first kappa shape index (κ1) is 20.1. The summed E-state index contributed by atoms with van der Waals surface area (Å²) in [5, 5.41) is 0. The molecule has 0 amide bonds. The van der Waals surface area contributed by atoms with Crippen LogP contribution in [0, 0.1) is 0 Å². The van der Waals surface area contributed by atoms with Crippen molar-refractivity contribution in [2.75, 3.05) is 35.0 Å². The molecule has 0 aromatic rings. The fourth-order valence-electron chi connectivity index (χ4n) is 1.14. The molecule has 0 unspecified atom stereocenters. The van der Waals surface area contributed by atoms with E-state index >= 15 is 0 Å². The van der Waals surface area contributed by atoms with Crippen LogP contribution in [0.1, 0.15) is 0 Å². The van der Waals surface area contributed by atoms with Crippen LogP contribution in [0.3, 0.4) is 0 Å². The van der Waals surface area contributed by atoms with Crippen LogP contribution in [-0.2, 0) is 22.7 Å². The molecule has 21 heavy (non-hydrogen) atoms. The Kier molecular flexibility index (Phi) is 8.20. The van der Waals surface area contributed by atoms with E-state index in [1.54, 1.807) is 0 Å². The first-order valence-electron chi connectivity index (χ1n) is 5.46. The Morgan fingerprint density at radius 2 is 1.71 bits per heavy atom. The normalized spacial score (nSPS) is 14.3. The zero-order valence-corrected chi connectivity index (χ0v) is 14.1. The fraction of sp³-hybridized carbons (Fsp3) is 0.556. The zero-order valence-electron chi connectivity index (χ0n) is 12.3. The van der Waals surface area contributed by atoms with E-state index in [4.69, 9.17) is 29.6 Å². The monoisotopic (exact) mass is 343 g/mol. The Morgan fingerprint density at radius 3 is 2.05 bits per heavy atom. The lowest BCUT2D eigenvalue weighted by atomic mass is 10.7. The van der Waals surface area contributed by atoms with Crippen LogP contribution >= 0.6 is 15.5 Å². The van der Waals surface area contributed by atoms with Gasteiger partial charge in [0.1, 0.15) is 5.82 Å². The number of rotatable bonds is 9. The van der Waals surface area contributed by atoms with Crippen LogP contribution in [0.25, 0.3) is 0 Å². The first-order valence-corrected chi connectivity index (χ1v) is 8.58. The molecule has 0 spiro atoms. The molecule has 0 atom stereocenters. The molecule has 122 valence electrons. The third-order valence-electron chi connectivity index (χ3n) is 2.24. The summed E-state index contributed by atoms with van der Waals surface area (Å²) < 4.78 is 31.4. The second-order valence-corrected chi connectivity index (χ2v) is 7.91. The van der Waals surface area contributed by atoms with Gasteiger partial charge in [-0.1, -0.05) is 6.58 Å². The van der Waals surface area contributed by atoms with Gasteiger partial charge in [-0.2, -0.15) is 13.9 Å². The predicted octanol–water partition coefficient (Wildman–Crippen LogP) is 0.663. The molecule has 0 heterocycles. The van der Waals surface area contributed by atoms with Crippen molar-refractivity contribution >= 4 is 26.6 Å². The van der Waals surface area contributed by atoms with Gasteiger partial charge in [-0.15, -0.1) is 0 Å². The Bertz CT molecular complexity index is 469. The van der Waals surface area contributed by atoms with Crippen molar-refractivity contribution in [3.05, 3.63) is 12.4 Å². The average Bonchev–Trinajstić information content (AvgIpc) is 2.48. The number of aliphatic imine (C=N–C) groups is 2. The SMILES string of the molecule is C=C(N)N=C(CN=C(N)[P+](O)(OC)OC)P(=O)(OC)OC. The lowest BCUT2D eigenvalue weighted by Crippen LogP contribution is -2.21. The van der Waals surface area contributed by atoms with Gasteiger partial charge in [0.15, 0.2) is 5.45 Å². The van der Waals surface area contributed by atoms with Crippen LogP contribution in [0.5, 0.6) is 0 Å². The number of nitrogens with two attached hydrogens (primary N) is 2. The van der Waals surface area contributed by atoms with Crippen LogP contribution in [0.2, 0.25) is 0 Å². The fourth-order valence-corrected chi connectivity index (χ4v) is 2.97. The van der Waals surface area contributed by atoms with Crippen LogP contribution in [0.15, 0.2) is 22.4 Å². The molecule has 0 rings (SSSR count). The maximum atomic E-state index is 12.3. The molecule has 0 saturated heterocycles. The molecule has 0 saturated carbocycles. The van der Waals surface area contributed by atoms with Gasteiger partial charge >= 0.3 is 21.1 Å². The smallest absolute Gasteiger partial charge is 0.384 e. The van der Waals surface area contributed by atoms with Crippen molar-refractivity contribution in [2.45, 2.75) is 0 Å². The Balaban J connectivity index is 5.47. The summed E-state index contributed by atoms with van der Waals surface area (Å²) >= 11 is 0. The van der Waals surface area contributed by atoms with Gasteiger partial charge in [-0.3, -0.25) is 4.57 Å². The number of hydrogen-bond donors (Lipinski definition) is 3. The number of hydrogen-bond acceptors (Lipinski definition) is 9. The van der Waals surface area contributed by atoms with Gasteiger partial charge in [0.05, 0.1) is 20.8 Å². The van der Waals surface area contributed by atoms with E-state index in [0.717, 1.165) is 0 Å². The molecule has 0 radical (unpaired) electrons. The van der Waals surface area contributed by atoms with Crippen molar-refractivity contribution in [1.29, 1.82) is 0 Å². The lowest BCUT2D eigenvalue weighted by Gasteiger charge is -2.15. The molecule has 0 aliphatic heterocycles. The third-order valence-corrected chi connectivity index (χ3v) is 5.78. The second-order valence-electron chi connectivity index (χ2n) is 3.44. The largest absolute Gasteiger partial charge is 0.483 e. The molecule has 0 aromatic carbocycles. The highest BCUT2D eigenvalue weighted by atomic mass is 31.2. The summed E-state index contributed by atoms with van der Waals surface area (Å²) in [4.78, 5) is 17.5. The Morgan fingerprint density at radius 1 is 1.24 bits per heavy atom. The molecule has 0 aliphatic rings. The van der Waals surface area contributed by atoms with Crippen molar-refractivity contribution in [3.63, 3.8) is 0 Å². The molecule has 5 N–H and O–H groups in total. The molecular weight excluding hydrogens is 322 g/mol.